The van der Waals surface area contributed by atoms with Gasteiger partial charge in [0.05, 0.1) is 6.54 Å². The number of benzene rings is 1. The Labute approximate surface area is 131 Å². The molecule has 0 aliphatic heterocycles. The van der Waals surface area contributed by atoms with Crippen LogP contribution in [0.1, 0.15) is 20.3 Å². The highest BCUT2D eigenvalue weighted by molar-refractivity contribution is 5.79. The second-order valence-corrected chi connectivity index (χ2v) is 4.88. The van der Waals surface area contributed by atoms with Gasteiger partial charge in [-0.05, 0) is 32.4 Å². The lowest BCUT2D eigenvalue weighted by molar-refractivity contribution is 0.195. The van der Waals surface area contributed by atoms with Crippen LogP contribution < -0.4 is 15.4 Å². The fourth-order valence-electron chi connectivity index (χ4n) is 1.79. The number of halogens is 1. The first-order chi connectivity index (χ1) is 10.7. The van der Waals surface area contributed by atoms with E-state index in [1.807, 2.05) is 13.8 Å². The minimum Gasteiger partial charge on any atom is -0.489 e. The number of nitrogens with zero attached hydrogens (tertiary/aromatic N) is 1. The Balaban J connectivity index is 2.43. The second-order valence-electron chi connectivity index (χ2n) is 4.88. The van der Waals surface area contributed by atoms with E-state index in [0.717, 1.165) is 25.5 Å². The van der Waals surface area contributed by atoms with Gasteiger partial charge in [0.15, 0.2) is 5.96 Å². The summed E-state index contributed by atoms with van der Waals surface area (Å²) < 4.78 is 23.7. The summed E-state index contributed by atoms with van der Waals surface area (Å²) in [4.78, 5) is 4.46. The van der Waals surface area contributed by atoms with Crippen LogP contribution in [0.25, 0.3) is 0 Å². The van der Waals surface area contributed by atoms with Gasteiger partial charge < -0.3 is 20.1 Å². The highest BCUT2D eigenvalue weighted by atomic mass is 19.1. The van der Waals surface area contributed by atoms with E-state index < -0.39 is 0 Å². The van der Waals surface area contributed by atoms with E-state index >= 15 is 0 Å². The molecule has 5 nitrogen and oxygen atoms in total. The minimum atomic E-state index is -0.304. The third-order valence-corrected chi connectivity index (χ3v) is 2.80. The van der Waals surface area contributed by atoms with E-state index in [0.29, 0.717) is 18.9 Å². The van der Waals surface area contributed by atoms with Gasteiger partial charge in [0, 0.05) is 32.9 Å². The van der Waals surface area contributed by atoms with E-state index in [9.17, 15) is 4.39 Å². The maximum Gasteiger partial charge on any atom is 0.191 e. The van der Waals surface area contributed by atoms with Crippen LogP contribution >= 0.6 is 0 Å². The van der Waals surface area contributed by atoms with Gasteiger partial charge in [-0.2, -0.15) is 0 Å². The van der Waals surface area contributed by atoms with Crippen LogP contribution in [0.3, 0.4) is 0 Å². The summed E-state index contributed by atoms with van der Waals surface area (Å²) in [7, 11) is 1.69. The van der Waals surface area contributed by atoms with E-state index in [-0.39, 0.29) is 11.9 Å². The Hall–Kier alpha value is -1.82. The first-order valence-corrected chi connectivity index (χ1v) is 7.59. The topological polar surface area (TPSA) is 54.9 Å². The van der Waals surface area contributed by atoms with Crippen LogP contribution in [0.5, 0.6) is 5.75 Å². The molecule has 0 saturated carbocycles. The molecule has 1 aromatic rings. The molecule has 0 spiro atoms. The number of guanidine groups is 1. The van der Waals surface area contributed by atoms with Crippen molar-refractivity contribution in [2.75, 3.05) is 33.4 Å². The summed E-state index contributed by atoms with van der Waals surface area (Å²) in [6.45, 7) is 6.69. The fraction of sp³-hybridized carbons (Fsp3) is 0.562. The molecular formula is C16H26FN3O2. The lowest BCUT2D eigenvalue weighted by Crippen LogP contribution is -2.38. The second kappa shape index (κ2) is 10.8. The van der Waals surface area contributed by atoms with Gasteiger partial charge in [0.25, 0.3) is 0 Å². The molecule has 0 saturated heterocycles. The molecule has 0 fully saturated rings. The smallest absolute Gasteiger partial charge is 0.191 e. The number of hydrogen-bond donors (Lipinski definition) is 2. The van der Waals surface area contributed by atoms with Gasteiger partial charge in [-0.1, -0.05) is 6.07 Å². The molecule has 2 N–H and O–H groups in total. The monoisotopic (exact) mass is 311 g/mol. The molecule has 0 amide bonds. The molecule has 0 bridgehead atoms. The maximum atomic E-state index is 13.1. The Morgan fingerprint density at radius 1 is 1.36 bits per heavy atom. The van der Waals surface area contributed by atoms with E-state index in [4.69, 9.17) is 9.47 Å². The SMILES string of the molecule is CCNC(=NCC(C)Oc1cccc(F)c1)NCCCOC. The predicted molar refractivity (Wildman–Crippen MR) is 87.0 cm³/mol. The fourth-order valence-corrected chi connectivity index (χ4v) is 1.79. The van der Waals surface area contributed by atoms with E-state index in [1.165, 1.54) is 12.1 Å². The highest BCUT2D eigenvalue weighted by Crippen LogP contribution is 2.13. The Kier molecular flexibility index (Phi) is 8.98. The summed E-state index contributed by atoms with van der Waals surface area (Å²) in [5, 5.41) is 6.40. The molecule has 1 rings (SSSR count). The predicted octanol–water partition coefficient (Wildman–Crippen LogP) is 2.18. The lowest BCUT2D eigenvalue weighted by Gasteiger charge is -2.15. The number of hydrogen-bond acceptors (Lipinski definition) is 3. The van der Waals surface area contributed by atoms with Crippen molar-refractivity contribution in [3.63, 3.8) is 0 Å². The van der Waals surface area contributed by atoms with Crippen molar-refractivity contribution in [2.45, 2.75) is 26.4 Å². The van der Waals surface area contributed by atoms with E-state index in [1.54, 1.807) is 19.2 Å². The molecule has 0 aromatic heterocycles. The lowest BCUT2D eigenvalue weighted by atomic mass is 10.3. The number of nitrogens with one attached hydrogen (secondary N) is 2. The Bertz CT molecular complexity index is 455. The van der Waals surface area contributed by atoms with Gasteiger partial charge >= 0.3 is 0 Å². The molecule has 0 heterocycles. The number of methoxy groups -OCH3 is 1. The van der Waals surface area contributed by atoms with Crippen LogP contribution in [0.4, 0.5) is 4.39 Å². The summed E-state index contributed by atoms with van der Waals surface area (Å²) >= 11 is 0. The number of rotatable bonds is 9. The molecular weight excluding hydrogens is 285 g/mol. The molecule has 0 aliphatic rings. The van der Waals surface area contributed by atoms with Crippen molar-refractivity contribution in [3.8, 4) is 5.75 Å². The Morgan fingerprint density at radius 2 is 2.18 bits per heavy atom. The number of ether oxygens (including phenoxy) is 2. The molecule has 0 radical (unpaired) electrons. The van der Waals surface area contributed by atoms with Crippen LogP contribution in [0.2, 0.25) is 0 Å². The van der Waals surface area contributed by atoms with Crippen molar-refractivity contribution in [1.29, 1.82) is 0 Å². The first kappa shape index (κ1) is 18.2. The third-order valence-electron chi connectivity index (χ3n) is 2.80. The third kappa shape index (κ3) is 7.83. The summed E-state index contributed by atoms with van der Waals surface area (Å²) in [5.41, 5.74) is 0. The van der Waals surface area contributed by atoms with Gasteiger partial charge in [-0.3, -0.25) is 0 Å². The summed E-state index contributed by atoms with van der Waals surface area (Å²) in [6.07, 6.45) is 0.771. The van der Waals surface area contributed by atoms with E-state index in [2.05, 4.69) is 15.6 Å². The zero-order valence-electron chi connectivity index (χ0n) is 13.6. The van der Waals surface area contributed by atoms with Crippen LogP contribution in [0.15, 0.2) is 29.3 Å². The van der Waals surface area contributed by atoms with Crippen LogP contribution in [-0.4, -0.2) is 45.4 Å². The normalized spacial score (nSPS) is 12.8. The number of aliphatic imine (C=N–C) groups is 1. The quantitative estimate of drug-likeness (QED) is 0.417. The summed E-state index contributed by atoms with van der Waals surface area (Å²) in [6, 6.07) is 6.12. The Morgan fingerprint density at radius 3 is 2.86 bits per heavy atom. The first-order valence-electron chi connectivity index (χ1n) is 7.59. The molecule has 22 heavy (non-hydrogen) atoms. The van der Waals surface area contributed by atoms with Crippen molar-refractivity contribution in [2.24, 2.45) is 4.99 Å². The van der Waals surface area contributed by atoms with Gasteiger partial charge in [0.2, 0.25) is 0 Å². The molecule has 1 aromatic carbocycles. The summed E-state index contributed by atoms with van der Waals surface area (Å²) in [5.74, 6) is 0.954. The highest BCUT2D eigenvalue weighted by Gasteiger charge is 2.05. The maximum absolute atomic E-state index is 13.1. The van der Waals surface area contributed by atoms with Crippen LogP contribution in [-0.2, 0) is 4.74 Å². The average Bonchev–Trinajstić information content (AvgIpc) is 2.49. The zero-order chi connectivity index (χ0) is 16.2. The molecule has 0 aliphatic carbocycles. The van der Waals surface area contributed by atoms with Gasteiger partial charge in [-0.15, -0.1) is 0 Å². The van der Waals surface area contributed by atoms with Crippen molar-refractivity contribution in [1.82, 2.24) is 10.6 Å². The van der Waals surface area contributed by atoms with Crippen molar-refractivity contribution < 1.29 is 13.9 Å². The molecule has 1 atom stereocenters. The zero-order valence-corrected chi connectivity index (χ0v) is 13.6. The largest absolute Gasteiger partial charge is 0.489 e. The molecule has 6 heteroatoms. The average molecular weight is 311 g/mol. The molecule has 124 valence electrons. The van der Waals surface area contributed by atoms with Gasteiger partial charge in [0.1, 0.15) is 17.7 Å². The molecule has 1 unspecified atom stereocenters. The van der Waals surface area contributed by atoms with Gasteiger partial charge in [-0.25, -0.2) is 9.38 Å². The van der Waals surface area contributed by atoms with Crippen molar-refractivity contribution >= 4 is 5.96 Å². The van der Waals surface area contributed by atoms with Crippen LogP contribution in [0, 0.1) is 5.82 Å². The van der Waals surface area contributed by atoms with Crippen molar-refractivity contribution in [3.05, 3.63) is 30.1 Å². The standard InChI is InChI=1S/C16H26FN3O2/c1-4-18-16(19-9-6-10-21-3)20-12-13(2)22-15-8-5-7-14(17)11-15/h5,7-8,11,13H,4,6,9-10,12H2,1-3H3,(H2,18,19,20). The minimum absolute atomic E-state index is 0.142.